The highest BCUT2D eigenvalue weighted by Gasteiger charge is 2.38. The Bertz CT molecular complexity index is 782. The average Bonchev–Trinajstić information content (AvgIpc) is 2.77. The van der Waals surface area contributed by atoms with Crippen LogP contribution in [0.3, 0.4) is 0 Å². The number of amides is 2. The average molecular weight is 554 g/mol. The lowest BCUT2D eigenvalue weighted by Gasteiger charge is -2.40. The third-order valence-electron chi connectivity index (χ3n) is 6.73. The van der Waals surface area contributed by atoms with Crippen molar-refractivity contribution in [2.75, 3.05) is 32.9 Å². The molecule has 0 aliphatic heterocycles. The van der Waals surface area contributed by atoms with Gasteiger partial charge >= 0.3 is 0 Å². The first-order chi connectivity index (χ1) is 17.8. The third-order valence-corrected chi connectivity index (χ3v) is 6.73. The van der Waals surface area contributed by atoms with Crippen LogP contribution < -0.4 is 10.6 Å². The Morgan fingerprint density at radius 2 is 1.41 bits per heavy atom. The molecule has 0 aliphatic rings. The molecule has 0 aromatic heterocycles. The summed E-state index contributed by atoms with van der Waals surface area (Å²) in [4.78, 5) is 24.9. The van der Waals surface area contributed by atoms with Crippen molar-refractivity contribution >= 4 is 11.8 Å². The van der Waals surface area contributed by atoms with Crippen molar-refractivity contribution in [1.29, 1.82) is 5.26 Å². The first-order valence-corrected chi connectivity index (χ1v) is 14.6. The molecule has 0 saturated heterocycles. The van der Waals surface area contributed by atoms with E-state index >= 15 is 0 Å². The first-order valence-electron chi connectivity index (χ1n) is 14.6. The van der Waals surface area contributed by atoms with Gasteiger partial charge in [-0.1, -0.05) is 27.2 Å². The van der Waals surface area contributed by atoms with Crippen LogP contribution >= 0.6 is 0 Å². The normalized spacial score (nSPS) is 13.2. The first kappa shape index (κ1) is 37.3. The standard InChI is InChI=1S/C31H59N3O5/c1-12-13-20-37-22-19-34-26(36)28(4,5)23-31(10,11)39-30(8,9)17-21-38-29(6,7)16-18-33-25(35)14-15-27(2,3)24-32/h12-23H2,1-11H3,(H,33,35)(H,34,36). The fourth-order valence-corrected chi connectivity index (χ4v) is 4.52. The third kappa shape index (κ3) is 18.3. The number of nitrogens with zero attached hydrogens (tertiary/aromatic N) is 1. The Morgan fingerprint density at radius 3 is 2.00 bits per heavy atom. The fraction of sp³-hybridized carbons (Fsp3) is 0.903. The Morgan fingerprint density at radius 1 is 0.769 bits per heavy atom. The molecule has 0 aromatic rings. The zero-order valence-electron chi connectivity index (χ0n) is 27.0. The number of hydrogen-bond donors (Lipinski definition) is 2. The minimum absolute atomic E-state index is 0.00187. The van der Waals surface area contributed by atoms with E-state index in [4.69, 9.17) is 19.5 Å². The molecule has 0 bridgehead atoms. The second-order valence-electron chi connectivity index (χ2n) is 13.9. The predicted octanol–water partition coefficient (Wildman–Crippen LogP) is 5.93. The van der Waals surface area contributed by atoms with Crippen molar-refractivity contribution in [3.05, 3.63) is 0 Å². The van der Waals surface area contributed by atoms with E-state index < -0.39 is 27.6 Å². The van der Waals surface area contributed by atoms with Gasteiger partial charge in [-0.25, -0.2) is 0 Å². The molecule has 0 rings (SSSR count). The molecule has 228 valence electrons. The van der Waals surface area contributed by atoms with Gasteiger partial charge in [0.25, 0.3) is 0 Å². The lowest BCUT2D eigenvalue weighted by atomic mass is 9.80. The van der Waals surface area contributed by atoms with Crippen LogP contribution in [0.2, 0.25) is 0 Å². The van der Waals surface area contributed by atoms with E-state index in [1.165, 1.54) is 0 Å². The molecule has 0 saturated carbocycles. The lowest BCUT2D eigenvalue weighted by molar-refractivity contribution is -0.159. The van der Waals surface area contributed by atoms with Gasteiger partial charge in [0, 0.05) is 31.5 Å². The molecule has 0 unspecified atom stereocenters. The van der Waals surface area contributed by atoms with Crippen molar-refractivity contribution in [2.24, 2.45) is 10.8 Å². The molecule has 0 radical (unpaired) electrons. The van der Waals surface area contributed by atoms with Crippen LogP contribution in [0.25, 0.3) is 0 Å². The molecule has 0 aromatic carbocycles. The number of hydrogen-bond acceptors (Lipinski definition) is 6. The Labute approximate surface area is 239 Å². The monoisotopic (exact) mass is 553 g/mol. The topological polar surface area (TPSA) is 110 Å². The molecular weight excluding hydrogens is 494 g/mol. The molecule has 0 spiro atoms. The summed E-state index contributed by atoms with van der Waals surface area (Å²) in [6.45, 7) is 24.7. The van der Waals surface area contributed by atoms with Gasteiger partial charge in [-0.15, -0.1) is 0 Å². The van der Waals surface area contributed by atoms with E-state index in [1.54, 1.807) is 0 Å². The summed E-state index contributed by atoms with van der Waals surface area (Å²) in [5.74, 6) is -0.0372. The van der Waals surface area contributed by atoms with Crippen molar-refractivity contribution in [3.8, 4) is 6.07 Å². The summed E-state index contributed by atoms with van der Waals surface area (Å²) in [6, 6.07) is 2.22. The second-order valence-corrected chi connectivity index (χ2v) is 13.9. The van der Waals surface area contributed by atoms with Crippen molar-refractivity contribution < 1.29 is 23.8 Å². The van der Waals surface area contributed by atoms with E-state index in [0.717, 1.165) is 19.4 Å². The Balaban J connectivity index is 4.53. The van der Waals surface area contributed by atoms with Crippen LogP contribution in [0.15, 0.2) is 0 Å². The summed E-state index contributed by atoms with van der Waals surface area (Å²) < 4.78 is 18.2. The zero-order chi connectivity index (χ0) is 30.4. The number of nitriles is 1. The van der Waals surface area contributed by atoms with Gasteiger partial charge < -0.3 is 24.8 Å². The van der Waals surface area contributed by atoms with Crippen LogP contribution in [-0.4, -0.2) is 61.5 Å². The van der Waals surface area contributed by atoms with Crippen LogP contribution in [0.1, 0.15) is 121 Å². The van der Waals surface area contributed by atoms with Crippen LogP contribution in [0, 0.1) is 22.2 Å². The van der Waals surface area contributed by atoms with E-state index in [0.29, 0.717) is 58.4 Å². The van der Waals surface area contributed by atoms with Gasteiger partial charge in [0.15, 0.2) is 0 Å². The summed E-state index contributed by atoms with van der Waals surface area (Å²) >= 11 is 0. The maximum absolute atomic E-state index is 12.8. The largest absolute Gasteiger partial charge is 0.380 e. The van der Waals surface area contributed by atoms with E-state index in [9.17, 15) is 9.59 Å². The van der Waals surface area contributed by atoms with E-state index in [1.807, 2.05) is 55.4 Å². The van der Waals surface area contributed by atoms with Crippen LogP contribution in [-0.2, 0) is 23.8 Å². The molecule has 8 heteroatoms. The van der Waals surface area contributed by atoms with Gasteiger partial charge in [0.2, 0.25) is 11.8 Å². The van der Waals surface area contributed by atoms with E-state index in [2.05, 4.69) is 37.5 Å². The minimum atomic E-state index is -0.587. The van der Waals surface area contributed by atoms with Gasteiger partial charge in [0.05, 0.1) is 41.5 Å². The number of rotatable bonds is 21. The predicted molar refractivity (Wildman–Crippen MR) is 157 cm³/mol. The quantitative estimate of drug-likeness (QED) is 0.171. The lowest BCUT2D eigenvalue weighted by Crippen LogP contribution is -2.46. The molecule has 0 aliphatic carbocycles. The maximum Gasteiger partial charge on any atom is 0.225 e. The van der Waals surface area contributed by atoms with Gasteiger partial charge in [0.1, 0.15) is 0 Å². The SMILES string of the molecule is CCCCOCCNC(=O)C(C)(C)CC(C)(C)OC(C)(C)CCOC(C)(C)CCNC(=O)CCC(C)(C)C#N. The number of ether oxygens (including phenoxy) is 3. The highest BCUT2D eigenvalue weighted by Crippen LogP contribution is 2.34. The molecule has 0 heterocycles. The van der Waals surface area contributed by atoms with Crippen molar-refractivity contribution in [2.45, 2.75) is 138 Å². The number of carbonyl (C=O) groups excluding carboxylic acids is 2. The summed E-state index contributed by atoms with van der Waals surface area (Å²) in [6.07, 6.45) is 4.95. The van der Waals surface area contributed by atoms with Crippen molar-refractivity contribution in [3.63, 3.8) is 0 Å². The van der Waals surface area contributed by atoms with Crippen LogP contribution in [0.5, 0.6) is 0 Å². The highest BCUT2D eigenvalue weighted by molar-refractivity contribution is 5.81. The fourth-order valence-electron chi connectivity index (χ4n) is 4.52. The number of unbranched alkanes of at least 4 members (excludes halogenated alkanes) is 1. The summed E-state index contributed by atoms with van der Waals surface area (Å²) in [5, 5.41) is 15.0. The summed E-state index contributed by atoms with van der Waals surface area (Å²) in [5.41, 5.74) is -2.43. The van der Waals surface area contributed by atoms with Gasteiger partial charge in [-0.05, 0) is 87.5 Å². The molecule has 0 atom stereocenters. The molecule has 39 heavy (non-hydrogen) atoms. The van der Waals surface area contributed by atoms with E-state index in [-0.39, 0.29) is 11.8 Å². The van der Waals surface area contributed by atoms with Crippen molar-refractivity contribution in [1.82, 2.24) is 10.6 Å². The minimum Gasteiger partial charge on any atom is -0.380 e. The molecule has 8 nitrogen and oxygen atoms in total. The molecule has 2 amide bonds. The van der Waals surface area contributed by atoms with Gasteiger partial charge in [-0.2, -0.15) is 5.26 Å². The smallest absolute Gasteiger partial charge is 0.225 e. The number of nitrogens with one attached hydrogen (secondary N) is 2. The van der Waals surface area contributed by atoms with Crippen LogP contribution in [0.4, 0.5) is 0 Å². The molecule has 0 fully saturated rings. The molecular formula is C31H59N3O5. The molecule has 2 N–H and O–H groups in total. The Kier molecular flexibility index (Phi) is 15.8. The second kappa shape index (κ2) is 16.5. The Hall–Kier alpha value is -1.69. The maximum atomic E-state index is 12.8. The highest BCUT2D eigenvalue weighted by atomic mass is 16.5. The van der Waals surface area contributed by atoms with Gasteiger partial charge in [-0.3, -0.25) is 9.59 Å². The summed E-state index contributed by atoms with van der Waals surface area (Å²) in [7, 11) is 0. The zero-order valence-corrected chi connectivity index (χ0v) is 27.0. The number of carbonyl (C=O) groups is 2.